The molecule has 0 N–H and O–H groups in total. The van der Waals surface area contributed by atoms with Gasteiger partial charge in [0, 0.05) is 0 Å². The zero-order chi connectivity index (χ0) is 5.86. The molecule has 0 aromatic rings. The standard InChI is InChI=1S/2C2H3O.V/c2*1-2-3;/h2*1H3;. The third-order valence-corrected chi connectivity index (χ3v) is 1.30. The van der Waals surface area contributed by atoms with Gasteiger partial charge in [-0.1, -0.05) is 0 Å². The molecular formula is C4H6O2V. The molecule has 0 spiro atoms. The van der Waals surface area contributed by atoms with Crippen LogP contribution in [-0.4, -0.2) is 8.99 Å². The van der Waals surface area contributed by atoms with Crippen LogP contribution in [0.4, 0.5) is 0 Å². The van der Waals surface area contributed by atoms with Gasteiger partial charge in [-0.3, -0.25) is 0 Å². The van der Waals surface area contributed by atoms with Crippen LogP contribution in [0.15, 0.2) is 0 Å². The Morgan fingerprint density at radius 3 is 1.43 bits per heavy atom. The molecule has 0 aliphatic heterocycles. The van der Waals surface area contributed by atoms with Crippen LogP contribution in [0.25, 0.3) is 0 Å². The number of hydrogen-bond donors (Lipinski definition) is 0. The van der Waals surface area contributed by atoms with Crippen molar-refractivity contribution in [3.8, 4) is 0 Å². The Morgan fingerprint density at radius 1 is 1.14 bits per heavy atom. The van der Waals surface area contributed by atoms with Gasteiger partial charge in [0.25, 0.3) is 0 Å². The van der Waals surface area contributed by atoms with Crippen molar-refractivity contribution in [2.75, 3.05) is 0 Å². The van der Waals surface area contributed by atoms with Gasteiger partial charge in [0.15, 0.2) is 0 Å². The molecule has 0 aliphatic rings. The van der Waals surface area contributed by atoms with Gasteiger partial charge in [-0.25, -0.2) is 0 Å². The van der Waals surface area contributed by atoms with Crippen LogP contribution in [0.1, 0.15) is 13.8 Å². The summed E-state index contributed by atoms with van der Waals surface area (Å²) in [5.74, 6) is 0. The van der Waals surface area contributed by atoms with Crippen molar-refractivity contribution in [3.05, 3.63) is 0 Å². The molecule has 0 radical (unpaired) electrons. The molecule has 0 saturated carbocycles. The molecule has 0 aromatic heterocycles. The summed E-state index contributed by atoms with van der Waals surface area (Å²) in [5.41, 5.74) is 0. The number of carbonyl (C=O) groups is 2. The van der Waals surface area contributed by atoms with Crippen LogP contribution >= 0.6 is 0 Å². The molecule has 3 heteroatoms. The molecule has 0 atom stereocenters. The monoisotopic (exact) mass is 137 g/mol. The molecule has 39 valence electrons. The first-order valence-electron chi connectivity index (χ1n) is 1.86. The van der Waals surface area contributed by atoms with E-state index >= 15 is 0 Å². The van der Waals surface area contributed by atoms with E-state index in [9.17, 15) is 9.59 Å². The second kappa shape index (κ2) is 3.00. The molecule has 0 bridgehead atoms. The van der Waals surface area contributed by atoms with E-state index in [1.54, 1.807) is 0 Å². The van der Waals surface area contributed by atoms with Crippen molar-refractivity contribution in [1.82, 2.24) is 0 Å². The van der Waals surface area contributed by atoms with Crippen LogP contribution in [0.5, 0.6) is 0 Å². The fourth-order valence-corrected chi connectivity index (χ4v) is 0.914. The molecule has 0 aliphatic carbocycles. The normalized spacial score (nSPS) is 7.71. The molecule has 2 nitrogen and oxygen atoms in total. The third kappa shape index (κ3) is 5.92. The van der Waals surface area contributed by atoms with Crippen LogP contribution < -0.4 is 0 Å². The maximum absolute atomic E-state index is 10.1. The summed E-state index contributed by atoms with van der Waals surface area (Å²) in [6.07, 6.45) is 0. The Hall–Kier alpha value is -0.0756. The second-order valence-electron chi connectivity index (χ2n) is 1.15. The fourth-order valence-electron chi connectivity index (χ4n) is 0.222. The van der Waals surface area contributed by atoms with Crippen molar-refractivity contribution >= 4 is 8.99 Å². The number of rotatable bonds is 2. The van der Waals surface area contributed by atoms with Crippen LogP contribution in [0.2, 0.25) is 0 Å². The summed E-state index contributed by atoms with van der Waals surface area (Å²) < 4.78 is 0.0625. The second-order valence-corrected chi connectivity index (χ2v) is 3.47. The van der Waals surface area contributed by atoms with Gasteiger partial charge in [-0.05, 0) is 0 Å². The topological polar surface area (TPSA) is 34.1 Å². The molecule has 7 heavy (non-hydrogen) atoms. The summed E-state index contributed by atoms with van der Waals surface area (Å²) in [5, 5.41) is 0. The van der Waals surface area contributed by atoms with E-state index < -0.39 is 16.3 Å². The minimum absolute atomic E-state index is 0.0313. The minimum atomic E-state index is -0.646. The van der Waals surface area contributed by atoms with E-state index in [0.717, 1.165) is 0 Å². The van der Waals surface area contributed by atoms with E-state index in [1.165, 1.54) is 13.8 Å². The van der Waals surface area contributed by atoms with Crippen molar-refractivity contribution in [2.45, 2.75) is 13.8 Å². The molecule has 0 unspecified atom stereocenters. The quantitative estimate of drug-likeness (QED) is 0.543. The first kappa shape index (κ1) is 6.92. The van der Waals surface area contributed by atoms with Gasteiger partial charge in [0.1, 0.15) is 0 Å². The summed E-state index contributed by atoms with van der Waals surface area (Å²) in [6.45, 7) is 2.89. The third-order valence-electron chi connectivity index (χ3n) is 0.315. The Morgan fingerprint density at radius 2 is 1.43 bits per heavy atom. The first-order valence-corrected chi connectivity index (χ1v) is 3.25. The Balaban J connectivity index is 3.32. The van der Waals surface area contributed by atoms with Crippen molar-refractivity contribution in [2.24, 2.45) is 0 Å². The molecule has 0 saturated heterocycles. The molecule has 0 amide bonds. The maximum atomic E-state index is 10.1. The Kier molecular flexibility index (Phi) is 2.96. The predicted octanol–water partition coefficient (Wildman–Crippen LogP) is 0.162. The summed E-state index contributed by atoms with van der Waals surface area (Å²) in [4.78, 5) is 20.2. The van der Waals surface area contributed by atoms with Gasteiger partial charge in [0.2, 0.25) is 0 Å². The zero-order valence-electron chi connectivity index (χ0n) is 4.26. The van der Waals surface area contributed by atoms with E-state index in [2.05, 4.69) is 0 Å². The SMILES string of the molecule is C[C](=O)[V][C](C)=O. The van der Waals surface area contributed by atoms with E-state index in [4.69, 9.17) is 0 Å². The molecule has 0 heterocycles. The van der Waals surface area contributed by atoms with Gasteiger partial charge in [-0.15, -0.1) is 0 Å². The molecule has 0 rings (SSSR count). The van der Waals surface area contributed by atoms with Crippen molar-refractivity contribution < 1.29 is 25.9 Å². The molecule has 0 fully saturated rings. The summed E-state index contributed by atoms with van der Waals surface area (Å²) >= 11 is -0.646. The predicted molar refractivity (Wildman–Crippen MR) is 21.4 cm³/mol. The van der Waals surface area contributed by atoms with E-state index in [-0.39, 0.29) is 8.99 Å². The average Bonchev–Trinajstić information content (AvgIpc) is 1.27. The van der Waals surface area contributed by atoms with E-state index in [1.807, 2.05) is 0 Å². The summed E-state index contributed by atoms with van der Waals surface area (Å²) in [7, 11) is 0. The van der Waals surface area contributed by atoms with Crippen LogP contribution in [-0.2, 0) is 25.9 Å². The number of hydrogen-bond acceptors (Lipinski definition) is 2. The first-order chi connectivity index (χ1) is 3.13. The number of carbonyl (C=O) groups excluding carboxylic acids is 2. The molecule has 0 aromatic carbocycles. The van der Waals surface area contributed by atoms with E-state index in [0.29, 0.717) is 0 Å². The van der Waals surface area contributed by atoms with Gasteiger partial charge in [-0.2, -0.15) is 0 Å². The average molecular weight is 137 g/mol. The van der Waals surface area contributed by atoms with Crippen molar-refractivity contribution in [1.29, 1.82) is 0 Å². The Labute approximate surface area is 49.3 Å². The van der Waals surface area contributed by atoms with Crippen LogP contribution in [0, 0.1) is 0 Å². The van der Waals surface area contributed by atoms with Gasteiger partial charge < -0.3 is 0 Å². The van der Waals surface area contributed by atoms with Crippen molar-refractivity contribution in [3.63, 3.8) is 0 Å². The van der Waals surface area contributed by atoms with Gasteiger partial charge in [0.05, 0.1) is 0 Å². The summed E-state index contributed by atoms with van der Waals surface area (Å²) in [6, 6.07) is 0. The molecular weight excluding hydrogens is 131 g/mol. The Bertz CT molecular complexity index is 85.9. The zero-order valence-corrected chi connectivity index (χ0v) is 5.66. The fraction of sp³-hybridized carbons (Fsp3) is 0.500. The van der Waals surface area contributed by atoms with Crippen LogP contribution in [0.3, 0.4) is 0 Å². The van der Waals surface area contributed by atoms with Gasteiger partial charge >= 0.3 is 48.7 Å².